The fourth-order valence-electron chi connectivity index (χ4n) is 1.07. The maximum atomic E-state index is 5.39. The number of hydrogen-bond donors (Lipinski definition) is 0. The van der Waals surface area contributed by atoms with Crippen molar-refractivity contribution >= 4 is 0 Å². The molecule has 8 heavy (non-hydrogen) atoms. The molecule has 1 heteroatoms. The first-order valence-corrected chi connectivity index (χ1v) is 3.42. The van der Waals surface area contributed by atoms with Crippen molar-refractivity contribution in [2.45, 2.75) is 32.8 Å². The fourth-order valence-corrected chi connectivity index (χ4v) is 1.07. The van der Waals surface area contributed by atoms with Gasteiger partial charge >= 0.3 is 0 Å². The van der Waals surface area contributed by atoms with Crippen LogP contribution in [-0.4, -0.2) is 12.7 Å². The Labute approximate surface area is 51.0 Å². The lowest BCUT2D eigenvalue weighted by Gasteiger charge is -2.25. The summed E-state index contributed by atoms with van der Waals surface area (Å²) in [6, 6.07) is 0. The second kappa shape index (κ2) is 2.49. The van der Waals surface area contributed by atoms with Crippen molar-refractivity contribution in [2.24, 2.45) is 5.92 Å². The normalized spacial score (nSPS) is 39.8. The van der Waals surface area contributed by atoms with Gasteiger partial charge in [-0.25, -0.2) is 0 Å². The van der Waals surface area contributed by atoms with Crippen LogP contribution in [0.15, 0.2) is 0 Å². The highest BCUT2D eigenvalue weighted by molar-refractivity contribution is 4.65. The molecule has 0 bridgehead atoms. The monoisotopic (exact) mass is 114 g/mol. The Kier molecular flexibility index (Phi) is 1.90. The van der Waals surface area contributed by atoms with Crippen LogP contribution in [0.2, 0.25) is 0 Å². The maximum absolute atomic E-state index is 5.39. The van der Waals surface area contributed by atoms with E-state index in [0.717, 1.165) is 12.5 Å². The van der Waals surface area contributed by atoms with Gasteiger partial charge in [0.15, 0.2) is 0 Å². The minimum absolute atomic E-state index is 0.503. The second-order valence-electron chi connectivity index (χ2n) is 2.70. The van der Waals surface area contributed by atoms with E-state index in [4.69, 9.17) is 4.74 Å². The summed E-state index contributed by atoms with van der Waals surface area (Å²) in [6.45, 7) is 5.39. The van der Waals surface area contributed by atoms with E-state index in [2.05, 4.69) is 13.8 Å². The molecule has 0 aliphatic carbocycles. The van der Waals surface area contributed by atoms with Gasteiger partial charge in [-0.2, -0.15) is 0 Å². The van der Waals surface area contributed by atoms with Gasteiger partial charge in [0, 0.05) is 6.61 Å². The van der Waals surface area contributed by atoms with Crippen LogP contribution >= 0.6 is 0 Å². The quantitative estimate of drug-likeness (QED) is 0.466. The minimum Gasteiger partial charge on any atom is -0.378 e. The predicted molar refractivity (Wildman–Crippen MR) is 33.8 cm³/mol. The van der Waals surface area contributed by atoms with Gasteiger partial charge in [-0.05, 0) is 25.7 Å². The molecule has 1 aliphatic rings. The third-order valence-corrected chi connectivity index (χ3v) is 1.99. The van der Waals surface area contributed by atoms with Crippen LogP contribution in [0.1, 0.15) is 26.7 Å². The molecule has 0 saturated carbocycles. The van der Waals surface area contributed by atoms with Gasteiger partial charge in [-0.3, -0.25) is 0 Å². The van der Waals surface area contributed by atoms with Crippen LogP contribution < -0.4 is 0 Å². The topological polar surface area (TPSA) is 9.23 Å². The van der Waals surface area contributed by atoms with Gasteiger partial charge in [0.25, 0.3) is 0 Å². The number of hydrogen-bond acceptors (Lipinski definition) is 1. The Balaban J connectivity index is 2.28. The molecule has 1 unspecified atom stereocenters. The van der Waals surface area contributed by atoms with E-state index in [1.54, 1.807) is 0 Å². The third-order valence-electron chi connectivity index (χ3n) is 1.99. The predicted octanol–water partition coefficient (Wildman–Crippen LogP) is 1.82. The highest BCUT2D eigenvalue weighted by Gasteiger charge is 2.16. The van der Waals surface area contributed by atoms with Crippen molar-refractivity contribution in [1.29, 1.82) is 0 Å². The zero-order chi connectivity index (χ0) is 5.98. The molecule has 0 radical (unpaired) electrons. The van der Waals surface area contributed by atoms with Crippen LogP contribution in [0.4, 0.5) is 0 Å². The lowest BCUT2D eigenvalue weighted by Crippen LogP contribution is -2.23. The van der Waals surface area contributed by atoms with Crippen molar-refractivity contribution in [1.82, 2.24) is 0 Å². The van der Waals surface area contributed by atoms with Crippen LogP contribution in [0.25, 0.3) is 0 Å². The summed E-state index contributed by atoms with van der Waals surface area (Å²) in [7, 11) is 0. The summed E-state index contributed by atoms with van der Waals surface area (Å²) in [6.07, 6.45) is 3.11. The van der Waals surface area contributed by atoms with Crippen LogP contribution in [-0.2, 0) is 4.74 Å². The Hall–Kier alpha value is -0.0400. The first-order valence-electron chi connectivity index (χ1n) is 3.42. The number of ether oxygens (including phenoxy) is 1. The van der Waals surface area contributed by atoms with Gasteiger partial charge in [-0.1, -0.05) is 6.92 Å². The van der Waals surface area contributed by atoms with Gasteiger partial charge < -0.3 is 4.74 Å². The summed E-state index contributed by atoms with van der Waals surface area (Å²) >= 11 is 0. The maximum Gasteiger partial charge on any atom is 0.0572 e. The molecule has 1 fully saturated rings. The molecule has 0 amide bonds. The van der Waals surface area contributed by atoms with Crippen LogP contribution in [0.3, 0.4) is 0 Å². The van der Waals surface area contributed by atoms with Gasteiger partial charge in [-0.15, -0.1) is 0 Å². The van der Waals surface area contributed by atoms with E-state index in [1.165, 1.54) is 12.8 Å². The fraction of sp³-hybridized carbons (Fsp3) is 1.00. The highest BCUT2D eigenvalue weighted by atomic mass is 16.5. The van der Waals surface area contributed by atoms with Crippen LogP contribution in [0.5, 0.6) is 0 Å². The lowest BCUT2D eigenvalue weighted by molar-refractivity contribution is -0.00789. The Morgan fingerprint density at radius 2 is 2.12 bits per heavy atom. The molecule has 1 aliphatic heterocycles. The summed E-state index contributed by atoms with van der Waals surface area (Å²) in [5.74, 6) is 0.781. The Morgan fingerprint density at radius 3 is 2.50 bits per heavy atom. The Morgan fingerprint density at radius 1 is 1.38 bits per heavy atom. The molecule has 48 valence electrons. The SMILES string of the molecule is CC1CCCO[C@H]1C. The van der Waals surface area contributed by atoms with Crippen molar-refractivity contribution in [3.63, 3.8) is 0 Å². The molecule has 0 N–H and O–H groups in total. The van der Waals surface area contributed by atoms with Crippen molar-refractivity contribution in [3.05, 3.63) is 0 Å². The molecule has 0 aromatic carbocycles. The molecule has 1 saturated heterocycles. The molecule has 1 nitrogen and oxygen atoms in total. The summed E-state index contributed by atoms with van der Waals surface area (Å²) in [5, 5.41) is 0. The smallest absolute Gasteiger partial charge is 0.0572 e. The molecular weight excluding hydrogens is 100 g/mol. The second-order valence-corrected chi connectivity index (χ2v) is 2.70. The van der Waals surface area contributed by atoms with E-state index < -0.39 is 0 Å². The minimum atomic E-state index is 0.503. The van der Waals surface area contributed by atoms with Gasteiger partial charge in [0.05, 0.1) is 6.10 Å². The van der Waals surface area contributed by atoms with Crippen molar-refractivity contribution in [3.8, 4) is 0 Å². The zero-order valence-corrected chi connectivity index (χ0v) is 5.68. The molecule has 1 heterocycles. The van der Waals surface area contributed by atoms with E-state index >= 15 is 0 Å². The average molecular weight is 114 g/mol. The third kappa shape index (κ3) is 1.22. The van der Waals surface area contributed by atoms with Gasteiger partial charge in [0.2, 0.25) is 0 Å². The first kappa shape index (κ1) is 6.09. The highest BCUT2D eigenvalue weighted by Crippen LogP contribution is 2.18. The summed E-state index contributed by atoms with van der Waals surface area (Å²) < 4.78 is 5.39. The zero-order valence-electron chi connectivity index (χ0n) is 5.68. The van der Waals surface area contributed by atoms with Crippen molar-refractivity contribution < 1.29 is 4.74 Å². The van der Waals surface area contributed by atoms with E-state index in [0.29, 0.717) is 6.10 Å². The van der Waals surface area contributed by atoms with Crippen LogP contribution in [0, 0.1) is 5.92 Å². The van der Waals surface area contributed by atoms with E-state index in [9.17, 15) is 0 Å². The van der Waals surface area contributed by atoms with Crippen molar-refractivity contribution in [2.75, 3.05) is 6.61 Å². The first-order chi connectivity index (χ1) is 3.80. The largest absolute Gasteiger partial charge is 0.378 e. The molecular formula is C7H14O. The van der Waals surface area contributed by atoms with Gasteiger partial charge in [0.1, 0.15) is 0 Å². The summed E-state index contributed by atoms with van der Waals surface area (Å²) in [5.41, 5.74) is 0. The molecule has 0 aromatic heterocycles. The van der Waals surface area contributed by atoms with E-state index in [1.807, 2.05) is 0 Å². The molecule has 1 rings (SSSR count). The average Bonchev–Trinajstić information content (AvgIpc) is 1.77. The van der Waals surface area contributed by atoms with E-state index in [-0.39, 0.29) is 0 Å². The Bertz CT molecular complexity index is 60.8. The molecule has 0 spiro atoms. The molecule has 0 aromatic rings. The number of rotatable bonds is 0. The summed E-state index contributed by atoms with van der Waals surface area (Å²) in [4.78, 5) is 0. The molecule has 2 atom stereocenters. The standard InChI is InChI=1S/C7H14O/c1-6-4-3-5-8-7(6)2/h6-7H,3-5H2,1-2H3/t6?,7-/m0/s1. The lowest BCUT2D eigenvalue weighted by atomic mass is 9.98.